The van der Waals surface area contributed by atoms with Crippen LogP contribution in [0.4, 0.5) is 15.6 Å². The first-order chi connectivity index (χ1) is 13.1. The number of carbonyl (C=O) groups is 1. The van der Waals surface area contributed by atoms with Crippen molar-refractivity contribution in [1.29, 1.82) is 0 Å². The number of benzene rings is 2. The standard InChI is InChI=1S/C18H18N4O4S/c1-24-13-9-11(10-14(25-2)15(13)26-3)16-21-22-18(27-16)20-17(23)19-12-7-5-4-6-8-12/h4-10H,1-3H3,(H2,19,20,22,23). The summed E-state index contributed by atoms with van der Waals surface area (Å²) in [5.74, 6) is 1.52. The van der Waals surface area contributed by atoms with E-state index in [4.69, 9.17) is 14.2 Å². The Hall–Kier alpha value is -3.33. The van der Waals surface area contributed by atoms with Crippen molar-refractivity contribution in [2.45, 2.75) is 0 Å². The number of hydrogen-bond donors (Lipinski definition) is 2. The minimum atomic E-state index is -0.395. The summed E-state index contributed by atoms with van der Waals surface area (Å²) in [6.07, 6.45) is 0. The monoisotopic (exact) mass is 386 g/mol. The zero-order valence-electron chi connectivity index (χ0n) is 15.0. The number of aromatic nitrogens is 2. The highest BCUT2D eigenvalue weighted by Crippen LogP contribution is 2.42. The molecule has 2 N–H and O–H groups in total. The summed E-state index contributed by atoms with van der Waals surface area (Å²) in [7, 11) is 4.63. The van der Waals surface area contributed by atoms with Gasteiger partial charge in [-0.25, -0.2) is 4.79 Å². The first-order valence-corrected chi connectivity index (χ1v) is 8.73. The Balaban J connectivity index is 1.78. The molecule has 1 heterocycles. The number of hydrogen-bond acceptors (Lipinski definition) is 7. The van der Waals surface area contributed by atoms with Crippen LogP contribution < -0.4 is 24.8 Å². The normalized spacial score (nSPS) is 10.2. The van der Waals surface area contributed by atoms with Gasteiger partial charge in [0.2, 0.25) is 10.9 Å². The van der Waals surface area contributed by atoms with Crippen LogP contribution >= 0.6 is 11.3 Å². The summed E-state index contributed by atoms with van der Waals surface area (Å²) >= 11 is 1.23. The molecule has 0 radical (unpaired) electrons. The number of nitrogens with zero attached hydrogens (tertiary/aromatic N) is 2. The van der Waals surface area contributed by atoms with Crippen molar-refractivity contribution in [1.82, 2.24) is 10.2 Å². The number of anilines is 2. The summed E-state index contributed by atoms with van der Waals surface area (Å²) in [5.41, 5.74) is 1.42. The molecule has 0 bridgehead atoms. The molecule has 1 aromatic heterocycles. The van der Waals surface area contributed by atoms with E-state index in [-0.39, 0.29) is 0 Å². The van der Waals surface area contributed by atoms with E-state index in [9.17, 15) is 4.79 Å². The smallest absolute Gasteiger partial charge is 0.325 e. The first kappa shape index (κ1) is 18.5. The Morgan fingerprint density at radius 1 is 0.926 bits per heavy atom. The number of ether oxygens (including phenoxy) is 3. The van der Waals surface area contributed by atoms with E-state index in [1.54, 1.807) is 45.6 Å². The molecule has 140 valence electrons. The van der Waals surface area contributed by atoms with E-state index < -0.39 is 6.03 Å². The highest BCUT2D eigenvalue weighted by atomic mass is 32.1. The maximum atomic E-state index is 12.1. The van der Waals surface area contributed by atoms with Gasteiger partial charge >= 0.3 is 6.03 Å². The van der Waals surface area contributed by atoms with Crippen molar-refractivity contribution in [3.8, 4) is 27.8 Å². The van der Waals surface area contributed by atoms with Crippen molar-refractivity contribution in [3.63, 3.8) is 0 Å². The second-order valence-electron chi connectivity index (χ2n) is 5.27. The molecule has 2 amide bonds. The van der Waals surface area contributed by atoms with Crippen molar-refractivity contribution in [2.24, 2.45) is 0 Å². The van der Waals surface area contributed by atoms with Crippen LogP contribution in [-0.2, 0) is 0 Å². The molecule has 9 heteroatoms. The molecular formula is C18H18N4O4S. The van der Waals surface area contributed by atoms with Crippen molar-refractivity contribution < 1.29 is 19.0 Å². The lowest BCUT2D eigenvalue weighted by atomic mass is 10.2. The van der Waals surface area contributed by atoms with Crippen LogP contribution in [0.5, 0.6) is 17.2 Å². The van der Waals surface area contributed by atoms with Gasteiger partial charge in [-0.05, 0) is 24.3 Å². The van der Waals surface area contributed by atoms with Crippen LogP contribution in [0.15, 0.2) is 42.5 Å². The highest BCUT2D eigenvalue weighted by molar-refractivity contribution is 7.18. The SMILES string of the molecule is COc1cc(-c2nnc(NC(=O)Nc3ccccc3)s2)cc(OC)c1OC. The largest absolute Gasteiger partial charge is 0.493 e. The molecule has 2 aromatic carbocycles. The number of para-hydroxylation sites is 1. The lowest BCUT2D eigenvalue weighted by Gasteiger charge is -2.13. The van der Waals surface area contributed by atoms with Crippen LogP contribution in [0.1, 0.15) is 0 Å². The molecule has 27 heavy (non-hydrogen) atoms. The molecule has 0 unspecified atom stereocenters. The highest BCUT2D eigenvalue weighted by Gasteiger charge is 2.17. The predicted octanol–water partition coefficient (Wildman–Crippen LogP) is 3.87. The molecule has 0 aliphatic heterocycles. The van der Waals surface area contributed by atoms with Crippen LogP contribution in [0.2, 0.25) is 0 Å². The van der Waals surface area contributed by atoms with Crippen molar-refractivity contribution in [3.05, 3.63) is 42.5 Å². The topological polar surface area (TPSA) is 94.6 Å². The van der Waals surface area contributed by atoms with Crippen LogP contribution in [0.25, 0.3) is 10.6 Å². The summed E-state index contributed by atoms with van der Waals surface area (Å²) in [4.78, 5) is 12.1. The zero-order chi connectivity index (χ0) is 19.2. The van der Waals surface area contributed by atoms with E-state index in [0.29, 0.717) is 33.1 Å². The molecule has 0 spiro atoms. The van der Waals surface area contributed by atoms with Crippen LogP contribution in [-0.4, -0.2) is 37.6 Å². The Kier molecular flexibility index (Phi) is 5.72. The third kappa shape index (κ3) is 4.26. The van der Waals surface area contributed by atoms with Crippen LogP contribution in [0.3, 0.4) is 0 Å². The van der Waals surface area contributed by atoms with E-state index in [0.717, 1.165) is 5.56 Å². The van der Waals surface area contributed by atoms with Gasteiger partial charge in [-0.2, -0.15) is 0 Å². The first-order valence-electron chi connectivity index (χ1n) is 7.91. The average molecular weight is 386 g/mol. The van der Waals surface area contributed by atoms with Gasteiger partial charge < -0.3 is 19.5 Å². The predicted molar refractivity (Wildman–Crippen MR) is 104 cm³/mol. The summed E-state index contributed by atoms with van der Waals surface area (Å²) in [6.45, 7) is 0. The fourth-order valence-corrected chi connectivity index (χ4v) is 3.10. The average Bonchev–Trinajstić information content (AvgIpc) is 3.15. The van der Waals surface area contributed by atoms with Gasteiger partial charge in [0.15, 0.2) is 11.5 Å². The summed E-state index contributed by atoms with van der Waals surface area (Å²) in [5, 5.41) is 14.5. The number of urea groups is 1. The Labute approximate surface area is 160 Å². The van der Waals surface area contributed by atoms with Crippen molar-refractivity contribution in [2.75, 3.05) is 32.0 Å². The van der Waals surface area contributed by atoms with Crippen LogP contribution in [0, 0.1) is 0 Å². The van der Waals surface area contributed by atoms with E-state index >= 15 is 0 Å². The molecule has 8 nitrogen and oxygen atoms in total. The minimum absolute atomic E-state index is 0.368. The summed E-state index contributed by atoms with van der Waals surface area (Å²) < 4.78 is 16.0. The zero-order valence-corrected chi connectivity index (χ0v) is 15.8. The molecular weight excluding hydrogens is 368 g/mol. The number of rotatable bonds is 6. The molecule has 0 aliphatic rings. The molecule has 0 atom stereocenters. The fraction of sp³-hybridized carbons (Fsp3) is 0.167. The second-order valence-corrected chi connectivity index (χ2v) is 6.25. The number of amides is 2. The number of nitrogens with one attached hydrogen (secondary N) is 2. The molecule has 3 rings (SSSR count). The molecule has 0 saturated carbocycles. The van der Waals surface area contributed by atoms with Crippen molar-refractivity contribution >= 4 is 28.2 Å². The van der Waals surface area contributed by atoms with E-state index in [1.165, 1.54) is 11.3 Å². The number of methoxy groups -OCH3 is 3. The lowest BCUT2D eigenvalue weighted by molar-refractivity contribution is 0.262. The maximum Gasteiger partial charge on any atom is 0.325 e. The third-order valence-corrected chi connectivity index (χ3v) is 4.48. The van der Waals surface area contributed by atoms with Gasteiger partial charge in [0.25, 0.3) is 0 Å². The minimum Gasteiger partial charge on any atom is -0.493 e. The van der Waals surface area contributed by atoms with Gasteiger partial charge in [-0.3, -0.25) is 5.32 Å². The van der Waals surface area contributed by atoms with Gasteiger partial charge in [0.05, 0.1) is 21.3 Å². The van der Waals surface area contributed by atoms with E-state index in [2.05, 4.69) is 20.8 Å². The molecule has 0 aliphatic carbocycles. The lowest BCUT2D eigenvalue weighted by Crippen LogP contribution is -2.19. The molecule has 3 aromatic rings. The number of carbonyl (C=O) groups excluding carboxylic acids is 1. The molecule has 0 saturated heterocycles. The Morgan fingerprint density at radius 2 is 1.59 bits per heavy atom. The maximum absolute atomic E-state index is 12.1. The molecule has 0 fully saturated rings. The fourth-order valence-electron chi connectivity index (χ4n) is 2.38. The second kappa shape index (κ2) is 8.37. The van der Waals surface area contributed by atoms with Gasteiger partial charge in [0, 0.05) is 11.3 Å². The Bertz CT molecular complexity index is 905. The van der Waals surface area contributed by atoms with Gasteiger partial charge in [-0.15, -0.1) is 10.2 Å². The summed E-state index contributed by atoms with van der Waals surface area (Å²) in [6, 6.07) is 12.3. The quantitative estimate of drug-likeness (QED) is 0.668. The van der Waals surface area contributed by atoms with Gasteiger partial charge in [0.1, 0.15) is 5.01 Å². The Morgan fingerprint density at radius 3 is 2.19 bits per heavy atom. The van der Waals surface area contributed by atoms with Gasteiger partial charge in [-0.1, -0.05) is 29.5 Å². The van der Waals surface area contributed by atoms with E-state index in [1.807, 2.05) is 18.2 Å². The third-order valence-electron chi connectivity index (χ3n) is 3.59.